The van der Waals surface area contributed by atoms with Crippen LogP contribution in [0.25, 0.3) is 0 Å². The Hall–Kier alpha value is -1.37. The quantitative estimate of drug-likeness (QED) is 0.913. The maximum atomic E-state index is 12.8. The number of hydrogen-bond acceptors (Lipinski definition) is 5. The molecule has 1 aliphatic heterocycles. The second-order valence-corrected chi connectivity index (χ2v) is 7.31. The summed E-state index contributed by atoms with van der Waals surface area (Å²) < 4.78 is 0. The summed E-state index contributed by atoms with van der Waals surface area (Å²) >= 11 is 3.52. The van der Waals surface area contributed by atoms with Gasteiger partial charge in [-0.2, -0.15) is 11.8 Å². The van der Waals surface area contributed by atoms with E-state index < -0.39 is 0 Å². The first kappa shape index (κ1) is 15.5. The van der Waals surface area contributed by atoms with Gasteiger partial charge in [-0.25, -0.2) is 4.98 Å². The molecule has 116 valence electrons. The molecule has 0 aliphatic carbocycles. The molecule has 6 heteroatoms. The highest BCUT2D eigenvalue weighted by atomic mass is 32.2. The van der Waals surface area contributed by atoms with Crippen molar-refractivity contribution in [3.8, 4) is 0 Å². The molecule has 22 heavy (non-hydrogen) atoms. The van der Waals surface area contributed by atoms with Crippen LogP contribution in [-0.4, -0.2) is 40.4 Å². The minimum atomic E-state index is -0.206. The van der Waals surface area contributed by atoms with E-state index in [4.69, 9.17) is 0 Å². The van der Waals surface area contributed by atoms with Crippen molar-refractivity contribution in [1.29, 1.82) is 0 Å². The summed E-state index contributed by atoms with van der Waals surface area (Å²) in [6.45, 7) is 2.41. The summed E-state index contributed by atoms with van der Waals surface area (Å²) in [5.74, 6) is 2.24. The second-order valence-electron chi connectivity index (χ2n) is 5.11. The van der Waals surface area contributed by atoms with Crippen LogP contribution in [0.3, 0.4) is 0 Å². The van der Waals surface area contributed by atoms with Crippen molar-refractivity contribution in [2.24, 2.45) is 0 Å². The van der Waals surface area contributed by atoms with Gasteiger partial charge in [0, 0.05) is 36.2 Å². The minimum absolute atomic E-state index is 0.0632. The lowest BCUT2D eigenvalue weighted by molar-refractivity contribution is -0.126. The van der Waals surface area contributed by atoms with Crippen LogP contribution in [-0.2, 0) is 11.3 Å². The molecule has 1 N–H and O–H groups in total. The van der Waals surface area contributed by atoms with Gasteiger partial charge in [-0.1, -0.05) is 30.3 Å². The van der Waals surface area contributed by atoms with Crippen molar-refractivity contribution in [1.82, 2.24) is 15.2 Å². The number of thiazole rings is 1. The molecule has 2 aromatic rings. The van der Waals surface area contributed by atoms with Crippen LogP contribution >= 0.6 is 23.1 Å². The Morgan fingerprint density at radius 1 is 1.27 bits per heavy atom. The molecular weight excluding hydrogens is 314 g/mol. The Bertz CT molecular complexity index is 583. The van der Waals surface area contributed by atoms with E-state index in [0.717, 1.165) is 35.2 Å². The number of carbonyl (C=O) groups is 1. The lowest BCUT2D eigenvalue weighted by Crippen LogP contribution is -2.44. The zero-order valence-corrected chi connectivity index (χ0v) is 13.9. The van der Waals surface area contributed by atoms with Crippen molar-refractivity contribution >= 4 is 29.0 Å². The van der Waals surface area contributed by atoms with E-state index in [9.17, 15) is 4.79 Å². The zero-order valence-electron chi connectivity index (χ0n) is 12.3. The molecule has 0 spiro atoms. The van der Waals surface area contributed by atoms with Crippen LogP contribution in [0.15, 0.2) is 41.9 Å². The summed E-state index contributed by atoms with van der Waals surface area (Å²) in [6.07, 6.45) is 1.77. The van der Waals surface area contributed by atoms with Gasteiger partial charge in [0.05, 0.1) is 6.54 Å². The molecule has 2 heterocycles. The van der Waals surface area contributed by atoms with Gasteiger partial charge in [-0.05, 0) is 5.56 Å². The largest absolute Gasteiger partial charge is 0.348 e. The third kappa shape index (κ3) is 3.88. The molecule has 0 saturated carbocycles. The van der Waals surface area contributed by atoms with E-state index in [2.05, 4.69) is 15.2 Å². The Morgan fingerprint density at radius 3 is 2.73 bits per heavy atom. The van der Waals surface area contributed by atoms with E-state index >= 15 is 0 Å². The fraction of sp³-hybridized carbons (Fsp3) is 0.375. The maximum Gasteiger partial charge on any atom is 0.242 e. The van der Waals surface area contributed by atoms with Crippen molar-refractivity contribution < 1.29 is 4.79 Å². The summed E-state index contributed by atoms with van der Waals surface area (Å²) in [6, 6.07) is 9.84. The number of aromatic nitrogens is 1. The zero-order chi connectivity index (χ0) is 15.2. The van der Waals surface area contributed by atoms with Crippen LogP contribution in [0.2, 0.25) is 0 Å². The van der Waals surface area contributed by atoms with Gasteiger partial charge in [0.25, 0.3) is 0 Å². The first-order valence-corrected chi connectivity index (χ1v) is 9.41. The molecule has 1 unspecified atom stereocenters. The average Bonchev–Trinajstić information content (AvgIpc) is 3.09. The number of thioether (sulfide) groups is 1. The third-order valence-corrected chi connectivity index (χ3v) is 5.39. The highest BCUT2D eigenvalue weighted by Gasteiger charge is 2.28. The molecule has 1 fully saturated rings. The van der Waals surface area contributed by atoms with Crippen molar-refractivity contribution in [3.05, 3.63) is 52.5 Å². The van der Waals surface area contributed by atoms with Crippen LogP contribution in [0.5, 0.6) is 0 Å². The van der Waals surface area contributed by atoms with E-state index in [0.29, 0.717) is 6.54 Å². The fourth-order valence-corrected chi connectivity index (χ4v) is 4.09. The fourth-order valence-electron chi connectivity index (χ4n) is 2.60. The summed E-state index contributed by atoms with van der Waals surface area (Å²) in [4.78, 5) is 19.3. The van der Waals surface area contributed by atoms with Gasteiger partial charge in [0.15, 0.2) is 0 Å². The molecule has 0 bridgehead atoms. The number of benzene rings is 1. The van der Waals surface area contributed by atoms with Gasteiger partial charge in [-0.15, -0.1) is 11.3 Å². The first-order chi connectivity index (χ1) is 10.8. The van der Waals surface area contributed by atoms with E-state index in [-0.39, 0.29) is 11.9 Å². The monoisotopic (exact) mass is 333 g/mol. The molecule has 3 rings (SSSR count). The van der Waals surface area contributed by atoms with Gasteiger partial charge in [0.2, 0.25) is 5.91 Å². The maximum absolute atomic E-state index is 12.8. The molecule has 1 aliphatic rings. The molecule has 1 aromatic carbocycles. The molecule has 1 amide bonds. The van der Waals surface area contributed by atoms with Crippen LogP contribution in [0.4, 0.5) is 0 Å². The first-order valence-electron chi connectivity index (χ1n) is 7.37. The van der Waals surface area contributed by atoms with Gasteiger partial charge in [0.1, 0.15) is 11.0 Å². The average molecular weight is 333 g/mol. The van der Waals surface area contributed by atoms with Gasteiger partial charge >= 0.3 is 0 Å². The standard InChI is InChI=1S/C16H19N3OS2/c20-16(18-12-14-17-6-9-22-14)15(13-4-2-1-3-5-13)19-7-10-21-11-8-19/h1-6,9,15H,7-8,10-12H2,(H,18,20). The predicted molar refractivity (Wildman–Crippen MR) is 92.0 cm³/mol. The highest BCUT2D eigenvalue weighted by molar-refractivity contribution is 7.99. The van der Waals surface area contributed by atoms with Crippen LogP contribution in [0.1, 0.15) is 16.6 Å². The smallest absolute Gasteiger partial charge is 0.242 e. The SMILES string of the molecule is O=C(NCc1nccs1)C(c1ccccc1)N1CCSCC1. The number of nitrogens with one attached hydrogen (secondary N) is 1. The van der Waals surface area contributed by atoms with Crippen molar-refractivity contribution in [2.45, 2.75) is 12.6 Å². The van der Waals surface area contributed by atoms with Gasteiger partial charge in [-0.3, -0.25) is 9.69 Å². The summed E-state index contributed by atoms with van der Waals surface area (Å²) in [5.41, 5.74) is 1.06. The number of amides is 1. The normalized spacial score (nSPS) is 17.1. The molecule has 1 aromatic heterocycles. The number of carbonyl (C=O) groups excluding carboxylic acids is 1. The number of rotatable bonds is 5. The lowest BCUT2D eigenvalue weighted by Gasteiger charge is -2.33. The molecular formula is C16H19N3OS2. The van der Waals surface area contributed by atoms with Crippen molar-refractivity contribution in [2.75, 3.05) is 24.6 Å². The van der Waals surface area contributed by atoms with Gasteiger partial charge < -0.3 is 5.32 Å². The number of hydrogen-bond donors (Lipinski definition) is 1. The summed E-state index contributed by atoms with van der Waals surface area (Å²) in [7, 11) is 0. The number of nitrogens with zero attached hydrogens (tertiary/aromatic N) is 2. The predicted octanol–water partition coefficient (Wildman–Crippen LogP) is 2.55. The lowest BCUT2D eigenvalue weighted by atomic mass is 10.0. The third-order valence-electron chi connectivity index (χ3n) is 3.67. The second kappa shape index (κ2) is 7.76. The molecule has 4 nitrogen and oxygen atoms in total. The van der Waals surface area contributed by atoms with E-state index in [1.54, 1.807) is 17.5 Å². The van der Waals surface area contributed by atoms with Crippen LogP contribution in [0, 0.1) is 0 Å². The summed E-state index contributed by atoms with van der Waals surface area (Å²) in [5, 5.41) is 5.91. The highest BCUT2D eigenvalue weighted by Crippen LogP contribution is 2.24. The van der Waals surface area contributed by atoms with Crippen LogP contribution < -0.4 is 5.32 Å². The molecule has 1 atom stereocenters. The minimum Gasteiger partial charge on any atom is -0.348 e. The Morgan fingerprint density at radius 2 is 2.05 bits per heavy atom. The van der Waals surface area contributed by atoms with E-state index in [1.165, 1.54) is 0 Å². The Labute approximate surface area is 138 Å². The molecule has 1 saturated heterocycles. The van der Waals surface area contributed by atoms with E-state index in [1.807, 2.05) is 47.5 Å². The van der Waals surface area contributed by atoms with Crippen molar-refractivity contribution in [3.63, 3.8) is 0 Å². The topological polar surface area (TPSA) is 45.2 Å². The molecule has 0 radical (unpaired) electrons. The Kier molecular flexibility index (Phi) is 5.48. The Balaban J connectivity index is 1.73.